The van der Waals surface area contributed by atoms with E-state index in [1.165, 1.54) is 16.2 Å². The highest BCUT2D eigenvalue weighted by molar-refractivity contribution is 6.31. The summed E-state index contributed by atoms with van der Waals surface area (Å²) in [6.07, 6.45) is -4.74. The van der Waals surface area contributed by atoms with E-state index in [2.05, 4.69) is 5.10 Å². The van der Waals surface area contributed by atoms with Crippen molar-refractivity contribution in [2.24, 2.45) is 0 Å². The van der Waals surface area contributed by atoms with Crippen molar-refractivity contribution >= 4 is 22.6 Å². The van der Waals surface area contributed by atoms with Gasteiger partial charge in [-0.3, -0.25) is 9.36 Å². The van der Waals surface area contributed by atoms with Gasteiger partial charge in [0.15, 0.2) is 0 Å². The van der Waals surface area contributed by atoms with Crippen molar-refractivity contribution in [3.63, 3.8) is 0 Å². The van der Waals surface area contributed by atoms with Crippen LogP contribution in [-0.2, 0) is 12.7 Å². The normalized spacial score (nSPS) is 11.7. The fourth-order valence-electron chi connectivity index (χ4n) is 3.75. The molecule has 0 unspecified atom stereocenters. The van der Waals surface area contributed by atoms with Gasteiger partial charge in [-0.1, -0.05) is 29.8 Å². The lowest BCUT2D eigenvalue weighted by Gasteiger charge is -2.16. The Morgan fingerprint density at radius 2 is 1.84 bits per heavy atom. The van der Waals surface area contributed by atoms with Gasteiger partial charge in [-0.05, 0) is 49.2 Å². The molecule has 2 heterocycles. The highest BCUT2D eigenvalue weighted by atomic mass is 35.5. The summed E-state index contributed by atoms with van der Waals surface area (Å²) in [6.45, 7) is 3.17. The van der Waals surface area contributed by atoms with Crippen molar-refractivity contribution in [3.05, 3.63) is 91.9 Å². The number of benzene rings is 2. The molecule has 0 bridgehead atoms. The number of alkyl halides is 3. The fraction of sp³-hybridized carbons (Fsp3) is 0.174. The summed E-state index contributed by atoms with van der Waals surface area (Å²) in [5, 5.41) is 13.8. The minimum absolute atomic E-state index is 0.00931. The van der Waals surface area contributed by atoms with Crippen molar-refractivity contribution < 1.29 is 13.2 Å². The maximum Gasteiger partial charge on any atom is 0.417 e. The molecule has 0 fully saturated rings. The Kier molecular flexibility index (Phi) is 5.31. The van der Waals surface area contributed by atoms with Gasteiger partial charge in [0.1, 0.15) is 5.65 Å². The molecular weight excluding hydrogens is 441 g/mol. The lowest BCUT2D eigenvalue weighted by atomic mass is 10.1. The predicted molar refractivity (Wildman–Crippen MR) is 115 cm³/mol. The van der Waals surface area contributed by atoms with E-state index in [9.17, 15) is 18.0 Å². The summed E-state index contributed by atoms with van der Waals surface area (Å²) in [7, 11) is 0. The number of nitrogens with zero attached hydrogens (tertiary/aromatic N) is 4. The lowest BCUT2D eigenvalue weighted by Crippen LogP contribution is -2.25. The van der Waals surface area contributed by atoms with Crippen LogP contribution in [0.25, 0.3) is 16.7 Å². The summed E-state index contributed by atoms with van der Waals surface area (Å²) in [6, 6.07) is 14.2. The van der Waals surface area contributed by atoms with Gasteiger partial charge < -0.3 is 0 Å². The molecule has 162 valence electrons. The van der Waals surface area contributed by atoms with Gasteiger partial charge in [0.25, 0.3) is 5.56 Å². The average Bonchev–Trinajstić information content (AvgIpc) is 3.08. The smallest absolute Gasteiger partial charge is 0.288 e. The second-order valence-corrected chi connectivity index (χ2v) is 7.78. The zero-order chi connectivity index (χ0) is 23.2. The zero-order valence-electron chi connectivity index (χ0n) is 17.0. The van der Waals surface area contributed by atoms with Gasteiger partial charge in [-0.2, -0.15) is 23.5 Å². The van der Waals surface area contributed by atoms with Crippen LogP contribution in [0, 0.1) is 25.2 Å². The molecule has 2 aromatic carbocycles. The first-order valence-corrected chi connectivity index (χ1v) is 9.94. The van der Waals surface area contributed by atoms with Gasteiger partial charge in [-0.25, -0.2) is 4.68 Å². The molecule has 0 aliphatic rings. The Balaban J connectivity index is 2.10. The second-order valence-electron chi connectivity index (χ2n) is 7.37. The number of fused-ring (bicyclic) bond motifs is 1. The Morgan fingerprint density at radius 1 is 1.12 bits per heavy atom. The van der Waals surface area contributed by atoms with E-state index in [1.807, 2.05) is 6.07 Å². The lowest BCUT2D eigenvalue weighted by molar-refractivity contribution is -0.136. The van der Waals surface area contributed by atoms with E-state index in [4.69, 9.17) is 16.9 Å². The van der Waals surface area contributed by atoms with Crippen LogP contribution in [0.2, 0.25) is 5.02 Å². The summed E-state index contributed by atoms with van der Waals surface area (Å²) in [5.41, 5.74) is 0.335. The number of rotatable bonds is 3. The molecule has 0 aliphatic carbocycles. The maximum absolute atomic E-state index is 13.8. The highest BCUT2D eigenvalue weighted by Gasteiger charge is 2.36. The fourth-order valence-corrected chi connectivity index (χ4v) is 3.92. The summed E-state index contributed by atoms with van der Waals surface area (Å²) in [5.74, 6) is 0. The second kappa shape index (κ2) is 7.84. The third kappa shape index (κ3) is 3.65. The van der Waals surface area contributed by atoms with Crippen LogP contribution in [0.15, 0.2) is 53.3 Å². The van der Waals surface area contributed by atoms with Gasteiger partial charge in [0.05, 0.1) is 40.5 Å². The molecule has 4 aromatic rings. The third-order valence-corrected chi connectivity index (χ3v) is 5.67. The van der Waals surface area contributed by atoms with Crippen LogP contribution in [-0.4, -0.2) is 14.3 Å². The molecule has 9 heteroatoms. The first-order valence-electron chi connectivity index (χ1n) is 9.56. The Hall–Kier alpha value is -3.57. The summed E-state index contributed by atoms with van der Waals surface area (Å²) >= 11 is 6.24. The predicted octanol–water partition coefficient (Wildman–Crippen LogP) is 5.40. The van der Waals surface area contributed by atoms with Gasteiger partial charge >= 0.3 is 6.18 Å². The Morgan fingerprint density at radius 3 is 2.53 bits per heavy atom. The topological polar surface area (TPSA) is 63.6 Å². The van der Waals surface area contributed by atoms with E-state index < -0.39 is 17.3 Å². The minimum atomic E-state index is -4.74. The number of pyridine rings is 1. The first-order chi connectivity index (χ1) is 15.1. The zero-order valence-corrected chi connectivity index (χ0v) is 17.8. The molecule has 32 heavy (non-hydrogen) atoms. The number of halogens is 4. The molecule has 0 N–H and O–H groups in total. The van der Waals surface area contributed by atoms with Gasteiger partial charge in [-0.15, -0.1) is 0 Å². The maximum atomic E-state index is 13.8. The number of nitriles is 1. The number of hydrogen-bond acceptors (Lipinski definition) is 3. The van der Waals surface area contributed by atoms with Crippen molar-refractivity contribution in [3.8, 4) is 11.8 Å². The van der Waals surface area contributed by atoms with Crippen LogP contribution in [0.4, 0.5) is 13.2 Å². The molecule has 0 spiro atoms. The molecule has 0 radical (unpaired) electrons. The highest BCUT2D eigenvalue weighted by Crippen LogP contribution is 2.36. The Labute approximate surface area is 185 Å². The summed E-state index contributed by atoms with van der Waals surface area (Å²) in [4.78, 5) is 12.9. The molecule has 2 aromatic heterocycles. The van der Waals surface area contributed by atoms with Gasteiger partial charge in [0, 0.05) is 11.1 Å². The molecular formula is C23H16ClF3N4O. The van der Waals surface area contributed by atoms with Crippen LogP contribution in [0.1, 0.15) is 27.9 Å². The number of aromatic nitrogens is 3. The van der Waals surface area contributed by atoms with E-state index in [1.54, 1.807) is 49.4 Å². The van der Waals surface area contributed by atoms with Crippen molar-refractivity contribution in [1.29, 1.82) is 5.26 Å². The van der Waals surface area contributed by atoms with E-state index >= 15 is 0 Å². The average molecular weight is 457 g/mol. The largest absolute Gasteiger partial charge is 0.417 e. The van der Waals surface area contributed by atoms with Crippen LogP contribution < -0.4 is 5.56 Å². The molecule has 0 saturated heterocycles. The van der Waals surface area contributed by atoms with E-state index in [0.29, 0.717) is 33.5 Å². The van der Waals surface area contributed by atoms with Crippen molar-refractivity contribution in [2.45, 2.75) is 26.6 Å². The van der Waals surface area contributed by atoms with Crippen LogP contribution in [0.3, 0.4) is 0 Å². The van der Waals surface area contributed by atoms with Crippen molar-refractivity contribution in [2.75, 3.05) is 0 Å². The SMILES string of the molecule is Cc1c(Cl)cccc1-n1nc(C)c2c(C(F)(F)F)cc(=O)n(Cc3cccc(C#N)c3)c21. The monoisotopic (exact) mass is 456 g/mol. The van der Waals surface area contributed by atoms with E-state index in [0.717, 1.165) is 0 Å². The molecule has 0 amide bonds. The standard InChI is InChI=1S/C23H16ClF3N4O/c1-13-18(24)7-4-8-19(13)31-22-21(14(2)29-31)17(23(25,26)27)10-20(32)30(22)12-16-6-3-5-15(9-16)11-28/h3-10H,12H2,1-2H3. The quantitative estimate of drug-likeness (QED) is 0.415. The Bertz CT molecular complexity index is 1460. The van der Waals surface area contributed by atoms with E-state index in [-0.39, 0.29) is 23.3 Å². The molecule has 0 saturated carbocycles. The molecule has 0 aliphatic heterocycles. The first kappa shape index (κ1) is 21.7. The van der Waals surface area contributed by atoms with Crippen LogP contribution >= 0.6 is 11.6 Å². The molecule has 4 rings (SSSR count). The van der Waals surface area contributed by atoms with Crippen LogP contribution in [0.5, 0.6) is 0 Å². The van der Waals surface area contributed by atoms with Gasteiger partial charge in [0.2, 0.25) is 0 Å². The minimum Gasteiger partial charge on any atom is -0.288 e. The third-order valence-electron chi connectivity index (χ3n) is 5.26. The van der Waals surface area contributed by atoms with Crippen molar-refractivity contribution in [1.82, 2.24) is 14.3 Å². The molecule has 5 nitrogen and oxygen atoms in total. The number of aryl methyl sites for hydroxylation is 1. The molecule has 0 atom stereocenters. The number of hydrogen-bond donors (Lipinski definition) is 0. The summed E-state index contributed by atoms with van der Waals surface area (Å²) < 4.78 is 44.1.